The number of pyridine rings is 6. The van der Waals surface area contributed by atoms with E-state index in [1.54, 1.807) is 71.1 Å². The Kier molecular flexibility index (Phi) is 35.8. The first-order chi connectivity index (χ1) is 56.8. The maximum Gasteiger partial charge on any atom is 0.139 e. The number of hydrogen-bond donors (Lipinski definition) is 6. The van der Waals surface area contributed by atoms with Crippen molar-refractivity contribution in [1.29, 1.82) is 0 Å². The molecule has 0 amide bonds. The number of aromatic nitrogens is 12. The van der Waals surface area contributed by atoms with Gasteiger partial charge in [-0.1, -0.05) is 179 Å². The summed E-state index contributed by atoms with van der Waals surface area (Å²) in [7, 11) is 0. The van der Waals surface area contributed by atoms with E-state index in [4.69, 9.17) is 128 Å². The average molecular weight is 1900 g/mol. The molecule has 0 bridgehead atoms. The van der Waals surface area contributed by atoms with Gasteiger partial charge in [0.05, 0.1) is 55.7 Å². The molecule has 0 atom stereocenters. The quantitative estimate of drug-likeness (QED) is 0.0825. The number of halogens is 11. The Morgan fingerprint density at radius 3 is 1.55 bits per heavy atom. The van der Waals surface area contributed by atoms with Crippen LogP contribution in [0.15, 0.2) is 225 Å². The van der Waals surface area contributed by atoms with Crippen LogP contribution < -0.4 is 0 Å². The Morgan fingerprint density at radius 2 is 0.843 bits per heavy atom. The van der Waals surface area contributed by atoms with Crippen molar-refractivity contribution in [2.45, 2.75) is 97.9 Å². The van der Waals surface area contributed by atoms with Gasteiger partial charge in [0.25, 0.3) is 0 Å². The molecule has 12 nitrogen and oxygen atoms in total. The second-order valence-electron chi connectivity index (χ2n) is 27.6. The molecule has 0 unspecified atom stereocenters. The Labute approximate surface area is 774 Å². The fourth-order valence-electron chi connectivity index (χ4n) is 11.9. The molecule has 0 aliphatic heterocycles. The monoisotopic (exact) mass is 1900 g/mol. The van der Waals surface area contributed by atoms with E-state index in [0.717, 1.165) is 137 Å². The molecule has 624 valence electrons. The van der Waals surface area contributed by atoms with E-state index in [9.17, 15) is 0 Å². The lowest BCUT2D eigenvalue weighted by Gasteiger charge is -1.98. The van der Waals surface area contributed by atoms with E-state index in [-0.39, 0.29) is 14.9 Å². The highest BCUT2D eigenvalue weighted by Gasteiger charge is 2.08. The van der Waals surface area contributed by atoms with Crippen LogP contribution in [0.25, 0.3) is 107 Å². The summed E-state index contributed by atoms with van der Waals surface area (Å²) >= 11 is 70.2. The summed E-state index contributed by atoms with van der Waals surface area (Å²) in [5, 5.41) is 17.5. The highest BCUT2D eigenvalue weighted by molar-refractivity contribution is 7.19. The van der Waals surface area contributed by atoms with Gasteiger partial charge < -0.3 is 29.9 Å². The second-order valence-corrected chi connectivity index (χ2v) is 37.4. The zero-order valence-corrected chi connectivity index (χ0v) is 77.9. The van der Waals surface area contributed by atoms with Crippen LogP contribution in [0.1, 0.15) is 79.4 Å². The van der Waals surface area contributed by atoms with E-state index in [1.165, 1.54) is 85.7 Å². The molecule has 0 fully saturated rings. The average Bonchev–Trinajstić information content (AvgIpc) is 1.69. The first kappa shape index (κ1) is 96.1. The minimum atomic E-state index is 0. The molecule has 0 spiro atoms. The summed E-state index contributed by atoms with van der Waals surface area (Å²) in [4.78, 5) is 49.8. The van der Waals surface area contributed by atoms with Gasteiger partial charge in [0, 0.05) is 171 Å². The third kappa shape index (κ3) is 27.9. The van der Waals surface area contributed by atoms with Gasteiger partial charge in [-0.15, -0.1) is 45.3 Å². The summed E-state index contributed by atoms with van der Waals surface area (Å²) in [5.41, 5.74) is 17.6. The SMILES string of the molecule is C.C.Cc1cc2[nH]cc(Cl)c2cn1.Cc1cc2cc(Cl)ccc2[nH]1.Cc1cc2cc(Cl)cnc2[nH]1.Cc1cc2ccc(Cl)cc2s1.Cc1cc2ccc(Cl)nc2s1.Cc1cc2ncc(Cl)cc2s1.Cc1ccc2c(C)c[nH]c2c1.Cc1ccc2c(Cl)c[nH]c2c1.Cc1ccc2c(Cl)c[nH]c2n1.Cc1cnc2cc(Cl)ccc2c1.Cc1sc(Cl)cc1Cl. The molecule has 0 radical (unpaired) electrons. The minimum absolute atomic E-state index is 0. The first-order valence-corrected chi connectivity index (χ1v) is 44.2. The smallest absolute Gasteiger partial charge is 0.139 e. The van der Waals surface area contributed by atoms with Crippen LogP contribution in [0.4, 0.5) is 0 Å². The molecule has 6 N–H and O–H groups in total. The summed E-state index contributed by atoms with van der Waals surface area (Å²) in [6.45, 7) is 24.4. The van der Waals surface area contributed by atoms with E-state index in [2.05, 4.69) is 168 Å². The number of thiophene rings is 4. The van der Waals surface area contributed by atoms with Crippen molar-refractivity contribution in [3.63, 3.8) is 0 Å². The van der Waals surface area contributed by atoms with Crippen molar-refractivity contribution in [2.24, 2.45) is 0 Å². The Bertz CT molecular complexity index is 6140. The molecule has 0 saturated heterocycles. The summed E-state index contributed by atoms with van der Waals surface area (Å²) in [6, 6.07) is 58.1. The minimum Gasteiger partial charge on any atom is -0.361 e. The van der Waals surface area contributed by atoms with Crippen LogP contribution in [-0.2, 0) is 0 Å². The molecule has 16 aromatic heterocycles. The number of nitrogens with one attached hydrogen (secondary N) is 6. The molecule has 21 rings (SSSR count). The van der Waals surface area contributed by atoms with Gasteiger partial charge >= 0.3 is 0 Å². The third-order valence-electron chi connectivity index (χ3n) is 17.5. The molecule has 21 aromatic rings. The number of fused-ring (bicyclic) bond motifs is 10. The van der Waals surface area contributed by atoms with Crippen molar-refractivity contribution in [2.75, 3.05) is 0 Å². The van der Waals surface area contributed by atoms with Crippen LogP contribution >= 0.6 is 173 Å². The van der Waals surface area contributed by atoms with E-state index >= 15 is 0 Å². The highest BCUT2D eigenvalue weighted by atomic mass is 35.5. The molecule has 5 aromatic carbocycles. The van der Waals surface area contributed by atoms with Crippen molar-refractivity contribution in [3.8, 4) is 0 Å². The Balaban J connectivity index is 0.000000151. The summed E-state index contributed by atoms with van der Waals surface area (Å²) in [5.74, 6) is 0. The number of H-pyrrole nitrogens is 6. The highest BCUT2D eigenvalue weighted by Crippen LogP contribution is 2.33. The van der Waals surface area contributed by atoms with Gasteiger partial charge in [0.2, 0.25) is 0 Å². The van der Waals surface area contributed by atoms with E-state index in [1.807, 2.05) is 163 Å². The van der Waals surface area contributed by atoms with Gasteiger partial charge in [-0.25, -0.2) is 15.0 Å². The van der Waals surface area contributed by atoms with Crippen LogP contribution in [0.5, 0.6) is 0 Å². The normalized spacial score (nSPS) is 10.5. The molecule has 121 heavy (non-hydrogen) atoms. The van der Waals surface area contributed by atoms with Gasteiger partial charge in [-0.3, -0.25) is 15.0 Å². The number of benzene rings is 5. The lowest BCUT2D eigenvalue weighted by molar-refractivity contribution is 1.22. The predicted molar refractivity (Wildman–Crippen MR) is 536 cm³/mol. The fraction of sp³-hybridized carbons (Fsp3) is 0.149. The zero-order chi connectivity index (χ0) is 85.3. The van der Waals surface area contributed by atoms with Gasteiger partial charge in [0.1, 0.15) is 21.3 Å². The standard InChI is InChI=1S/C10H8ClN.C10H11N.2C9H8ClN.C9H7ClS.3C8H7ClN2.2C8H6ClNS.C5H4Cl2S.2CH4/c1-7-4-8-2-3-9(11)5-10(8)12-6-7;1-7-3-4-9-8(2)6-11-10(9)5-7;1-6-4-7-5-8(10)2-3-9(7)11-6;1-6-2-3-7-8(10)5-11-9(7)4-6;1-6-4-7-2-3-8(10)5-9(7)11-6;1-5-2-8-6(3-10-5)7(9)4-11-8;1-5-2-6-3-7(9)4-10-8(6)11-5;1-5-2-3-6-7(9)4-10-8(6)11-5;1-5-2-7-8(11-5)3-6(9)4-10-7;1-5-4-6-2-3-7(9)10-8(6)11-5;1-3-4(6)2-5(7)8-3;;/h2-6H,1H3;3-6,11H,1-2H3;2*2-5,11H,1H3;2-5H,1H3;2-4,11H,1H3;2*2-4H,1H3,(H,10,11);2*2-4H,1H3;2H,1H3;2*1H4. The van der Waals surface area contributed by atoms with Crippen molar-refractivity contribution >= 4 is 280 Å². The second kappa shape index (κ2) is 45.1. The molecule has 0 saturated carbocycles. The molecule has 0 aliphatic carbocycles. The number of aryl methyl sites for hydroxylation is 12. The molecular weight excluding hydrogens is 1820 g/mol. The van der Waals surface area contributed by atoms with Gasteiger partial charge in [-0.05, 0) is 250 Å². The summed E-state index contributed by atoms with van der Waals surface area (Å²) < 4.78 is 3.19. The van der Waals surface area contributed by atoms with Gasteiger partial charge in [0.15, 0.2) is 0 Å². The number of rotatable bonds is 0. The molecular formula is C94H87Cl11N12S4. The van der Waals surface area contributed by atoms with Crippen LogP contribution in [0, 0.1) is 83.1 Å². The molecule has 16 heterocycles. The van der Waals surface area contributed by atoms with Crippen LogP contribution in [0.2, 0.25) is 54.7 Å². The molecule has 0 aliphatic rings. The largest absolute Gasteiger partial charge is 0.361 e. The van der Waals surface area contributed by atoms with E-state index in [0.29, 0.717) is 15.2 Å². The van der Waals surface area contributed by atoms with Gasteiger partial charge in [-0.2, -0.15) is 0 Å². The number of hydrogen-bond acceptors (Lipinski definition) is 10. The Morgan fingerprint density at radius 1 is 0.298 bits per heavy atom. The Hall–Kier alpha value is -8.73. The maximum absolute atomic E-state index is 5.89. The van der Waals surface area contributed by atoms with Crippen LogP contribution in [-0.4, -0.2) is 59.8 Å². The topological polar surface area (TPSA) is 172 Å². The van der Waals surface area contributed by atoms with Crippen molar-refractivity contribution in [1.82, 2.24) is 59.8 Å². The lowest BCUT2D eigenvalue weighted by Crippen LogP contribution is -1.80. The van der Waals surface area contributed by atoms with Crippen LogP contribution in [0.3, 0.4) is 0 Å². The fourth-order valence-corrected chi connectivity index (χ4v) is 17.9. The maximum atomic E-state index is 5.89. The predicted octanol–water partition coefficient (Wildman–Crippen LogP) is 34.8. The lowest BCUT2D eigenvalue weighted by atomic mass is 10.1. The third-order valence-corrected chi connectivity index (χ3v) is 24.5. The first-order valence-electron chi connectivity index (χ1n) is 36.8. The molecule has 27 heteroatoms. The summed E-state index contributed by atoms with van der Waals surface area (Å²) in [6.07, 6.45) is 14.3. The zero-order valence-electron chi connectivity index (χ0n) is 66.3. The van der Waals surface area contributed by atoms with Crippen molar-refractivity contribution in [3.05, 3.63) is 345 Å². The van der Waals surface area contributed by atoms with Crippen molar-refractivity contribution < 1.29 is 0 Å². The number of nitrogens with zero attached hydrogens (tertiary/aromatic N) is 6. The number of aromatic amines is 6. The van der Waals surface area contributed by atoms with E-state index < -0.39 is 0 Å².